The molecule has 0 saturated carbocycles. The summed E-state index contributed by atoms with van der Waals surface area (Å²) in [7, 11) is 0. The number of aryl methyl sites for hydroxylation is 1. The topological polar surface area (TPSA) is 42.2 Å². The van der Waals surface area contributed by atoms with Gasteiger partial charge in [-0.25, -0.2) is 4.98 Å². The van der Waals surface area contributed by atoms with Gasteiger partial charge in [-0.05, 0) is 30.7 Å². The Kier molecular flexibility index (Phi) is 2.68. The molecule has 0 saturated heterocycles. The van der Waals surface area contributed by atoms with Gasteiger partial charge < -0.3 is 5.32 Å². The minimum absolute atomic E-state index is 0.712. The number of fused-ring (bicyclic) bond motifs is 1. The van der Waals surface area contributed by atoms with Crippen molar-refractivity contribution in [2.24, 2.45) is 0 Å². The van der Waals surface area contributed by atoms with Crippen molar-refractivity contribution in [3.63, 3.8) is 0 Å². The van der Waals surface area contributed by atoms with Gasteiger partial charge in [0, 0.05) is 18.6 Å². The predicted molar refractivity (Wildman–Crippen MR) is 71.5 cm³/mol. The fourth-order valence-electron chi connectivity index (χ4n) is 1.97. The molecule has 3 aromatic heterocycles. The van der Waals surface area contributed by atoms with E-state index in [1.165, 1.54) is 5.56 Å². The van der Waals surface area contributed by atoms with Crippen molar-refractivity contribution in [1.29, 1.82) is 0 Å². The summed E-state index contributed by atoms with van der Waals surface area (Å²) in [5.74, 6) is 1.02. The van der Waals surface area contributed by atoms with Crippen molar-refractivity contribution in [3.05, 3.63) is 60.2 Å². The smallest absolute Gasteiger partial charge is 0.138 e. The third-order valence-electron chi connectivity index (χ3n) is 2.98. The third-order valence-corrected chi connectivity index (χ3v) is 2.98. The van der Waals surface area contributed by atoms with Crippen LogP contribution in [0.2, 0.25) is 0 Å². The number of aromatic nitrogens is 3. The van der Waals surface area contributed by atoms with Gasteiger partial charge in [0.15, 0.2) is 0 Å². The maximum atomic E-state index is 4.37. The summed E-state index contributed by atoms with van der Waals surface area (Å²) >= 11 is 0. The van der Waals surface area contributed by atoms with Crippen molar-refractivity contribution in [3.8, 4) is 0 Å². The number of hydrogen-bond acceptors (Lipinski definition) is 3. The molecule has 0 bridgehead atoms. The summed E-state index contributed by atoms with van der Waals surface area (Å²) < 4.78 is 2.03. The van der Waals surface area contributed by atoms with Gasteiger partial charge in [0.05, 0.1) is 12.2 Å². The molecule has 0 amide bonds. The van der Waals surface area contributed by atoms with Gasteiger partial charge >= 0.3 is 0 Å². The summed E-state index contributed by atoms with van der Waals surface area (Å²) in [6.45, 7) is 2.78. The second kappa shape index (κ2) is 4.49. The van der Waals surface area contributed by atoms with Crippen LogP contribution in [-0.4, -0.2) is 14.4 Å². The molecule has 0 aromatic carbocycles. The Morgan fingerprint density at radius 3 is 2.94 bits per heavy atom. The molecule has 3 aromatic rings. The Hall–Kier alpha value is -2.36. The van der Waals surface area contributed by atoms with E-state index in [0.717, 1.165) is 17.2 Å². The van der Waals surface area contributed by atoms with Crippen LogP contribution in [0.15, 0.2) is 48.9 Å². The quantitative estimate of drug-likeness (QED) is 0.762. The highest BCUT2D eigenvalue weighted by Crippen LogP contribution is 2.12. The Balaban J connectivity index is 1.85. The average Bonchev–Trinajstić information content (AvgIpc) is 2.86. The van der Waals surface area contributed by atoms with E-state index in [1.807, 2.05) is 41.1 Å². The van der Waals surface area contributed by atoms with Crippen LogP contribution in [0.4, 0.5) is 5.82 Å². The van der Waals surface area contributed by atoms with Crippen LogP contribution in [-0.2, 0) is 6.54 Å². The molecule has 0 aliphatic carbocycles. The summed E-state index contributed by atoms with van der Waals surface area (Å²) in [5, 5.41) is 3.39. The lowest BCUT2D eigenvalue weighted by atomic mass is 10.2. The number of rotatable bonds is 3. The van der Waals surface area contributed by atoms with Crippen molar-refractivity contribution < 1.29 is 0 Å². The Morgan fingerprint density at radius 1 is 1.11 bits per heavy atom. The zero-order chi connectivity index (χ0) is 12.4. The minimum atomic E-state index is 0.712. The number of nitrogens with zero attached hydrogens (tertiary/aromatic N) is 3. The van der Waals surface area contributed by atoms with Crippen molar-refractivity contribution in [1.82, 2.24) is 14.4 Å². The van der Waals surface area contributed by atoms with Crippen molar-refractivity contribution in [2.75, 3.05) is 5.32 Å². The Labute approximate surface area is 105 Å². The third kappa shape index (κ3) is 1.93. The van der Waals surface area contributed by atoms with Crippen molar-refractivity contribution in [2.45, 2.75) is 13.5 Å². The first kappa shape index (κ1) is 10.8. The molecule has 90 valence electrons. The van der Waals surface area contributed by atoms with Gasteiger partial charge in [-0.1, -0.05) is 12.1 Å². The van der Waals surface area contributed by atoms with Crippen LogP contribution < -0.4 is 5.32 Å². The van der Waals surface area contributed by atoms with E-state index >= 15 is 0 Å². The highest BCUT2D eigenvalue weighted by molar-refractivity contribution is 5.50. The standard InChI is InChI=1S/C14H14N4/c1-11-4-3-7-15-12(11)10-17-14-6-2-5-13-16-8-9-18(13)14/h2-9,17H,10H2,1H3. The fraction of sp³-hybridized carbons (Fsp3) is 0.143. The highest BCUT2D eigenvalue weighted by atomic mass is 15.1. The Morgan fingerprint density at radius 2 is 2.06 bits per heavy atom. The molecule has 0 fully saturated rings. The number of anilines is 1. The molecule has 0 radical (unpaired) electrons. The van der Waals surface area contributed by atoms with Crippen LogP contribution >= 0.6 is 0 Å². The molecule has 4 heteroatoms. The largest absolute Gasteiger partial charge is 0.365 e. The maximum Gasteiger partial charge on any atom is 0.138 e. The molecule has 18 heavy (non-hydrogen) atoms. The monoisotopic (exact) mass is 238 g/mol. The van der Waals surface area contributed by atoms with Gasteiger partial charge in [-0.15, -0.1) is 0 Å². The number of nitrogens with one attached hydrogen (secondary N) is 1. The van der Waals surface area contributed by atoms with Crippen LogP contribution in [0, 0.1) is 6.92 Å². The first-order chi connectivity index (χ1) is 8.84. The zero-order valence-electron chi connectivity index (χ0n) is 10.2. The molecule has 0 aliphatic rings. The van der Waals surface area contributed by atoms with Gasteiger partial charge in [0.1, 0.15) is 11.5 Å². The molecule has 4 nitrogen and oxygen atoms in total. The first-order valence-electron chi connectivity index (χ1n) is 5.91. The van der Waals surface area contributed by atoms with Gasteiger partial charge in [-0.2, -0.15) is 0 Å². The summed E-state index contributed by atoms with van der Waals surface area (Å²) in [4.78, 5) is 8.63. The minimum Gasteiger partial charge on any atom is -0.365 e. The predicted octanol–water partition coefficient (Wildman–Crippen LogP) is 2.65. The zero-order valence-corrected chi connectivity index (χ0v) is 10.2. The second-order valence-corrected chi connectivity index (χ2v) is 4.19. The number of hydrogen-bond donors (Lipinski definition) is 1. The average molecular weight is 238 g/mol. The lowest BCUT2D eigenvalue weighted by Gasteiger charge is -2.09. The van der Waals surface area contributed by atoms with E-state index < -0.39 is 0 Å². The van der Waals surface area contributed by atoms with Crippen LogP contribution in [0.3, 0.4) is 0 Å². The van der Waals surface area contributed by atoms with Crippen LogP contribution in [0.5, 0.6) is 0 Å². The van der Waals surface area contributed by atoms with E-state index in [2.05, 4.69) is 28.3 Å². The van der Waals surface area contributed by atoms with E-state index in [1.54, 1.807) is 6.20 Å². The maximum absolute atomic E-state index is 4.37. The van der Waals surface area contributed by atoms with Crippen LogP contribution in [0.25, 0.3) is 5.65 Å². The van der Waals surface area contributed by atoms with E-state index in [-0.39, 0.29) is 0 Å². The number of pyridine rings is 2. The second-order valence-electron chi connectivity index (χ2n) is 4.19. The molecule has 0 atom stereocenters. The molecule has 0 spiro atoms. The van der Waals surface area contributed by atoms with E-state index in [9.17, 15) is 0 Å². The van der Waals surface area contributed by atoms with E-state index in [4.69, 9.17) is 0 Å². The van der Waals surface area contributed by atoms with Crippen molar-refractivity contribution >= 4 is 11.5 Å². The SMILES string of the molecule is Cc1cccnc1CNc1cccc2nccn12. The fourth-order valence-corrected chi connectivity index (χ4v) is 1.97. The first-order valence-corrected chi connectivity index (χ1v) is 5.91. The molecule has 3 rings (SSSR count). The molecular formula is C14H14N4. The summed E-state index contributed by atoms with van der Waals surface area (Å²) in [6, 6.07) is 10.0. The Bertz CT molecular complexity index is 672. The van der Waals surface area contributed by atoms with Gasteiger partial charge in [0.25, 0.3) is 0 Å². The van der Waals surface area contributed by atoms with Gasteiger partial charge in [-0.3, -0.25) is 9.38 Å². The van der Waals surface area contributed by atoms with Crippen LogP contribution in [0.1, 0.15) is 11.3 Å². The lowest BCUT2D eigenvalue weighted by molar-refractivity contribution is 0.994. The number of imidazole rings is 1. The van der Waals surface area contributed by atoms with Gasteiger partial charge in [0.2, 0.25) is 0 Å². The molecule has 1 N–H and O–H groups in total. The molecule has 0 aliphatic heterocycles. The highest BCUT2D eigenvalue weighted by Gasteiger charge is 2.02. The normalized spacial score (nSPS) is 10.7. The molecule has 0 unspecified atom stereocenters. The molecule has 3 heterocycles. The van der Waals surface area contributed by atoms with E-state index in [0.29, 0.717) is 6.54 Å². The summed E-state index contributed by atoms with van der Waals surface area (Å²) in [5.41, 5.74) is 3.20. The lowest BCUT2D eigenvalue weighted by Crippen LogP contribution is -2.06. The summed E-state index contributed by atoms with van der Waals surface area (Å²) in [6.07, 6.45) is 5.57. The molecular weight excluding hydrogens is 224 g/mol.